The van der Waals surface area contributed by atoms with Gasteiger partial charge in [0.1, 0.15) is 5.82 Å². The van der Waals surface area contributed by atoms with Gasteiger partial charge in [-0.3, -0.25) is 4.79 Å². The fourth-order valence-electron chi connectivity index (χ4n) is 3.41. The van der Waals surface area contributed by atoms with E-state index in [0.29, 0.717) is 37.2 Å². The maximum atomic E-state index is 12.8. The predicted octanol–water partition coefficient (Wildman–Crippen LogP) is 4.70. The number of halogens is 4. The number of carbonyl (C=O) groups is 2. The highest BCUT2D eigenvalue weighted by molar-refractivity contribution is 6.33. The number of carbonyl (C=O) groups excluding carboxylic acids is 2. The molecule has 1 N–H and O–H groups in total. The Morgan fingerprint density at radius 2 is 1.90 bits per heavy atom. The Morgan fingerprint density at radius 1 is 1.23 bits per heavy atom. The highest BCUT2D eigenvalue weighted by Crippen LogP contribution is 2.34. The number of nitrogens with one attached hydrogen (secondary N) is 1. The van der Waals surface area contributed by atoms with E-state index in [4.69, 9.17) is 16.3 Å². The van der Waals surface area contributed by atoms with E-state index < -0.39 is 17.7 Å². The number of aryl methyl sites for hydroxylation is 1. The minimum absolute atomic E-state index is 0.0759. The number of rotatable bonds is 4. The zero-order valence-electron chi connectivity index (χ0n) is 16.9. The molecular formula is C21H21ClF3N3O3. The van der Waals surface area contributed by atoms with Gasteiger partial charge in [0, 0.05) is 30.9 Å². The van der Waals surface area contributed by atoms with Crippen molar-refractivity contribution in [3.63, 3.8) is 0 Å². The molecule has 0 spiro atoms. The summed E-state index contributed by atoms with van der Waals surface area (Å²) in [5.74, 6) is -0.693. The van der Waals surface area contributed by atoms with Crippen LogP contribution in [0, 0.1) is 12.8 Å². The van der Waals surface area contributed by atoms with Crippen LogP contribution >= 0.6 is 11.6 Å². The lowest BCUT2D eigenvalue weighted by molar-refractivity contribution is -0.137. The van der Waals surface area contributed by atoms with Gasteiger partial charge in [-0.05, 0) is 43.5 Å². The normalized spacial score (nSPS) is 15.0. The van der Waals surface area contributed by atoms with Gasteiger partial charge in [-0.1, -0.05) is 17.7 Å². The third kappa shape index (κ3) is 5.28. The van der Waals surface area contributed by atoms with Crippen molar-refractivity contribution >= 4 is 35.0 Å². The van der Waals surface area contributed by atoms with Crippen LogP contribution < -0.4 is 10.2 Å². The number of ether oxygens (including phenoxy) is 1. The third-order valence-electron chi connectivity index (χ3n) is 5.23. The first kappa shape index (κ1) is 22.9. The molecule has 0 radical (unpaired) electrons. The van der Waals surface area contributed by atoms with Crippen LogP contribution in [0.1, 0.15) is 34.3 Å². The highest BCUT2D eigenvalue weighted by Gasteiger charge is 2.33. The average molecular weight is 456 g/mol. The summed E-state index contributed by atoms with van der Waals surface area (Å²) in [6.07, 6.45) is -2.78. The number of hydrogen-bond acceptors (Lipinski definition) is 5. The molecular weight excluding hydrogens is 435 g/mol. The Labute approximate surface area is 182 Å². The largest absolute Gasteiger partial charge is 0.465 e. The van der Waals surface area contributed by atoms with Crippen molar-refractivity contribution in [1.29, 1.82) is 0 Å². The molecule has 10 heteroatoms. The lowest BCUT2D eigenvalue weighted by Gasteiger charge is -2.32. The second kappa shape index (κ2) is 9.13. The number of esters is 1. The molecule has 6 nitrogen and oxygen atoms in total. The molecule has 1 aromatic carbocycles. The van der Waals surface area contributed by atoms with E-state index in [1.54, 1.807) is 23.1 Å². The van der Waals surface area contributed by atoms with E-state index in [9.17, 15) is 22.8 Å². The lowest BCUT2D eigenvalue weighted by Crippen LogP contribution is -2.38. The fourth-order valence-corrected chi connectivity index (χ4v) is 3.69. The van der Waals surface area contributed by atoms with Gasteiger partial charge < -0.3 is 15.0 Å². The van der Waals surface area contributed by atoms with Crippen LogP contribution in [-0.2, 0) is 15.7 Å². The molecule has 1 amide bonds. The highest BCUT2D eigenvalue weighted by atomic mass is 35.5. The Morgan fingerprint density at radius 3 is 2.48 bits per heavy atom. The number of pyridine rings is 1. The number of methoxy groups -OCH3 is 1. The Bertz CT molecular complexity index is 990. The summed E-state index contributed by atoms with van der Waals surface area (Å²) in [4.78, 5) is 30.1. The van der Waals surface area contributed by atoms with Crippen molar-refractivity contribution in [3.05, 3.63) is 52.2 Å². The summed E-state index contributed by atoms with van der Waals surface area (Å²) in [6, 6.07) is 5.78. The summed E-state index contributed by atoms with van der Waals surface area (Å²) in [6.45, 7) is 2.67. The maximum Gasteiger partial charge on any atom is 0.417 e. The number of hydrogen-bond donors (Lipinski definition) is 1. The monoisotopic (exact) mass is 455 g/mol. The zero-order chi connectivity index (χ0) is 22.8. The first-order valence-electron chi connectivity index (χ1n) is 9.57. The Balaban J connectivity index is 1.64. The molecule has 1 aliphatic heterocycles. The summed E-state index contributed by atoms with van der Waals surface area (Å²) < 4.78 is 43.1. The quantitative estimate of drug-likeness (QED) is 0.676. The van der Waals surface area contributed by atoms with Crippen LogP contribution in [0.3, 0.4) is 0 Å². The summed E-state index contributed by atoms with van der Waals surface area (Å²) >= 11 is 6.02. The van der Waals surface area contributed by atoms with Crippen molar-refractivity contribution < 1.29 is 27.5 Å². The molecule has 1 aliphatic rings. The van der Waals surface area contributed by atoms with Gasteiger partial charge >= 0.3 is 12.1 Å². The average Bonchev–Trinajstić information content (AvgIpc) is 2.74. The second-order valence-corrected chi connectivity index (χ2v) is 7.71. The molecule has 2 heterocycles. The smallest absolute Gasteiger partial charge is 0.417 e. The van der Waals surface area contributed by atoms with Crippen molar-refractivity contribution in [3.8, 4) is 0 Å². The minimum Gasteiger partial charge on any atom is -0.465 e. The minimum atomic E-state index is -4.51. The van der Waals surface area contributed by atoms with Gasteiger partial charge in [0.05, 0.1) is 23.3 Å². The summed E-state index contributed by atoms with van der Waals surface area (Å²) in [5, 5.41) is 2.78. The SMILES string of the molecule is COC(=O)c1ccc(C)c(NC(=O)C2CCN(c3ncc(C(F)(F)F)cc3Cl)CC2)c1. The Hall–Kier alpha value is -2.81. The number of anilines is 2. The number of benzene rings is 1. The van der Waals surface area contributed by atoms with E-state index >= 15 is 0 Å². The molecule has 0 atom stereocenters. The molecule has 3 rings (SSSR count). The Kier molecular flexibility index (Phi) is 6.74. The number of alkyl halides is 3. The van der Waals surface area contributed by atoms with Gasteiger partial charge in [0.2, 0.25) is 5.91 Å². The van der Waals surface area contributed by atoms with E-state index in [2.05, 4.69) is 10.3 Å². The van der Waals surface area contributed by atoms with E-state index in [-0.39, 0.29) is 22.7 Å². The number of amides is 1. The topological polar surface area (TPSA) is 71.5 Å². The zero-order valence-corrected chi connectivity index (χ0v) is 17.7. The molecule has 0 unspecified atom stereocenters. The molecule has 1 aromatic heterocycles. The predicted molar refractivity (Wildman–Crippen MR) is 110 cm³/mol. The summed E-state index contributed by atoms with van der Waals surface area (Å²) in [5.41, 5.74) is 0.767. The van der Waals surface area contributed by atoms with Gasteiger partial charge in [-0.25, -0.2) is 9.78 Å². The molecule has 0 aliphatic carbocycles. The van der Waals surface area contributed by atoms with Gasteiger partial charge in [-0.2, -0.15) is 13.2 Å². The number of piperidine rings is 1. The third-order valence-corrected chi connectivity index (χ3v) is 5.51. The van der Waals surface area contributed by atoms with Crippen LogP contribution in [0.5, 0.6) is 0 Å². The number of nitrogens with zero attached hydrogens (tertiary/aromatic N) is 2. The second-order valence-electron chi connectivity index (χ2n) is 7.30. The standard InChI is InChI=1S/C21H21ClF3N3O3/c1-12-3-4-14(20(30)31-2)9-17(12)27-19(29)13-5-7-28(8-6-13)18-16(22)10-15(11-26-18)21(23,24)25/h3-4,9-11,13H,5-8H2,1-2H3,(H,27,29). The number of aromatic nitrogens is 1. The van der Waals surface area contributed by atoms with Crippen molar-refractivity contribution in [2.24, 2.45) is 5.92 Å². The molecule has 31 heavy (non-hydrogen) atoms. The van der Waals surface area contributed by atoms with E-state index in [0.717, 1.165) is 17.8 Å². The summed E-state index contributed by atoms with van der Waals surface area (Å²) in [7, 11) is 1.28. The molecule has 166 valence electrons. The molecule has 1 fully saturated rings. The van der Waals surface area contributed by atoms with E-state index in [1.165, 1.54) is 7.11 Å². The van der Waals surface area contributed by atoms with Crippen molar-refractivity contribution in [2.45, 2.75) is 25.9 Å². The lowest BCUT2D eigenvalue weighted by atomic mass is 9.95. The fraction of sp³-hybridized carbons (Fsp3) is 0.381. The van der Waals surface area contributed by atoms with Crippen molar-refractivity contribution in [2.75, 3.05) is 30.4 Å². The first-order chi connectivity index (χ1) is 14.6. The van der Waals surface area contributed by atoms with Gasteiger partial charge in [0.15, 0.2) is 0 Å². The van der Waals surface area contributed by atoms with E-state index in [1.807, 2.05) is 6.92 Å². The van der Waals surface area contributed by atoms with Crippen LogP contribution in [0.4, 0.5) is 24.7 Å². The molecule has 0 bridgehead atoms. The molecule has 2 aromatic rings. The van der Waals surface area contributed by atoms with Gasteiger partial charge in [-0.15, -0.1) is 0 Å². The first-order valence-corrected chi connectivity index (χ1v) is 9.95. The van der Waals surface area contributed by atoms with Crippen LogP contribution in [0.25, 0.3) is 0 Å². The molecule has 0 saturated carbocycles. The maximum absolute atomic E-state index is 12.8. The van der Waals surface area contributed by atoms with Gasteiger partial charge in [0.25, 0.3) is 0 Å². The van der Waals surface area contributed by atoms with Crippen molar-refractivity contribution in [1.82, 2.24) is 4.98 Å². The molecule has 1 saturated heterocycles. The van der Waals surface area contributed by atoms with Crippen LogP contribution in [0.2, 0.25) is 5.02 Å². The van der Waals surface area contributed by atoms with Crippen LogP contribution in [0.15, 0.2) is 30.5 Å². The van der Waals surface area contributed by atoms with Crippen LogP contribution in [-0.4, -0.2) is 37.1 Å².